The lowest BCUT2D eigenvalue weighted by Crippen LogP contribution is -2.36. The van der Waals surface area contributed by atoms with Gasteiger partial charge in [0.15, 0.2) is 11.5 Å². The quantitative estimate of drug-likeness (QED) is 0.400. The first-order valence-electron chi connectivity index (χ1n) is 12.2. The van der Waals surface area contributed by atoms with Gasteiger partial charge in [0.25, 0.3) is 5.91 Å². The van der Waals surface area contributed by atoms with Gasteiger partial charge in [-0.2, -0.15) is 0 Å². The second kappa shape index (κ2) is 12.0. The van der Waals surface area contributed by atoms with E-state index < -0.39 is 6.04 Å². The minimum atomic E-state index is -0.522. The predicted octanol–water partition coefficient (Wildman–Crippen LogP) is 5.88. The van der Waals surface area contributed by atoms with Crippen molar-refractivity contribution in [3.63, 3.8) is 0 Å². The Morgan fingerprint density at radius 2 is 1.56 bits per heavy atom. The second-order valence-electron chi connectivity index (χ2n) is 9.17. The molecule has 0 aromatic heterocycles. The van der Waals surface area contributed by atoms with Crippen LogP contribution in [0.25, 0.3) is 0 Å². The molecule has 3 aromatic carbocycles. The highest BCUT2D eigenvalue weighted by molar-refractivity contribution is 6.33. The number of carbonyl (C=O) groups is 2. The summed E-state index contributed by atoms with van der Waals surface area (Å²) in [6, 6.07) is 21.4. The molecule has 2 atom stereocenters. The smallest absolute Gasteiger partial charge is 0.253 e. The normalized spacial score (nSPS) is 14.4. The lowest BCUT2D eigenvalue weighted by atomic mass is 9.94. The van der Waals surface area contributed by atoms with E-state index in [0.29, 0.717) is 29.5 Å². The van der Waals surface area contributed by atoms with Crippen molar-refractivity contribution in [1.82, 2.24) is 10.6 Å². The third-order valence-electron chi connectivity index (χ3n) is 6.13. The van der Waals surface area contributed by atoms with Crippen LogP contribution >= 0.6 is 11.6 Å². The fraction of sp³-hybridized carbons (Fsp3) is 0.310. The van der Waals surface area contributed by atoms with Gasteiger partial charge in [-0.15, -0.1) is 0 Å². The summed E-state index contributed by atoms with van der Waals surface area (Å²) in [5.74, 6) is 1.04. The molecular weight excluding hydrogens is 476 g/mol. The molecular formula is C29H31ClN2O4. The molecule has 0 unspecified atom stereocenters. The van der Waals surface area contributed by atoms with Crippen LogP contribution in [0.2, 0.25) is 5.02 Å². The molecule has 36 heavy (non-hydrogen) atoms. The Kier molecular flexibility index (Phi) is 8.49. The summed E-state index contributed by atoms with van der Waals surface area (Å²) < 4.78 is 11.6. The maximum Gasteiger partial charge on any atom is 0.253 e. The molecule has 2 amide bonds. The van der Waals surface area contributed by atoms with Gasteiger partial charge in [-0.25, -0.2) is 0 Å². The van der Waals surface area contributed by atoms with Crippen molar-refractivity contribution in [2.24, 2.45) is 5.92 Å². The Hall–Kier alpha value is -3.51. The Morgan fingerprint density at radius 1 is 0.861 bits per heavy atom. The molecule has 4 rings (SSSR count). The summed E-state index contributed by atoms with van der Waals surface area (Å²) in [5, 5.41) is 6.52. The van der Waals surface area contributed by atoms with Crippen LogP contribution in [0.1, 0.15) is 60.3 Å². The lowest BCUT2D eigenvalue weighted by molar-refractivity contribution is -0.122. The highest BCUT2D eigenvalue weighted by Gasteiger charge is 2.25. The second-order valence-corrected chi connectivity index (χ2v) is 9.57. The summed E-state index contributed by atoms with van der Waals surface area (Å²) >= 11 is 6.23. The Labute approximate surface area is 217 Å². The summed E-state index contributed by atoms with van der Waals surface area (Å²) in [5.41, 5.74) is 2.15. The monoisotopic (exact) mass is 506 g/mol. The number of halogens is 1. The van der Waals surface area contributed by atoms with Crippen LogP contribution in [-0.4, -0.2) is 25.0 Å². The van der Waals surface area contributed by atoms with Gasteiger partial charge in [0.2, 0.25) is 5.91 Å². The van der Waals surface area contributed by atoms with Crippen molar-refractivity contribution in [2.45, 2.75) is 38.8 Å². The van der Waals surface area contributed by atoms with Crippen LogP contribution in [0.5, 0.6) is 11.5 Å². The summed E-state index contributed by atoms with van der Waals surface area (Å²) in [6.07, 6.45) is 0.906. The van der Waals surface area contributed by atoms with Crippen LogP contribution in [0.3, 0.4) is 0 Å². The molecule has 0 aliphatic carbocycles. The van der Waals surface area contributed by atoms with Gasteiger partial charge >= 0.3 is 0 Å². The van der Waals surface area contributed by atoms with Crippen molar-refractivity contribution >= 4 is 23.4 Å². The Balaban J connectivity index is 1.52. The molecule has 0 bridgehead atoms. The van der Waals surface area contributed by atoms with Crippen LogP contribution in [-0.2, 0) is 4.79 Å². The van der Waals surface area contributed by atoms with E-state index in [2.05, 4.69) is 24.5 Å². The van der Waals surface area contributed by atoms with Crippen molar-refractivity contribution < 1.29 is 19.1 Å². The third kappa shape index (κ3) is 6.38. The highest BCUT2D eigenvalue weighted by Crippen LogP contribution is 2.34. The van der Waals surface area contributed by atoms with E-state index in [9.17, 15) is 9.59 Å². The first-order valence-corrected chi connectivity index (χ1v) is 12.6. The van der Waals surface area contributed by atoms with Gasteiger partial charge < -0.3 is 20.1 Å². The average Bonchev–Trinajstić information content (AvgIpc) is 3.12. The number of nitrogens with one attached hydrogen (secondary N) is 2. The molecule has 1 heterocycles. The number of hydrogen-bond donors (Lipinski definition) is 2. The van der Waals surface area contributed by atoms with E-state index >= 15 is 0 Å². The molecule has 6 nitrogen and oxygen atoms in total. The summed E-state index contributed by atoms with van der Waals surface area (Å²) in [7, 11) is 0. The molecule has 0 saturated heterocycles. The van der Waals surface area contributed by atoms with Crippen LogP contribution in [0, 0.1) is 5.92 Å². The molecule has 0 fully saturated rings. The maximum atomic E-state index is 13.3. The first kappa shape index (κ1) is 25.6. The summed E-state index contributed by atoms with van der Waals surface area (Å²) in [4.78, 5) is 26.3. The van der Waals surface area contributed by atoms with E-state index in [-0.39, 0.29) is 30.2 Å². The average molecular weight is 507 g/mol. The maximum absolute atomic E-state index is 13.3. The van der Waals surface area contributed by atoms with Crippen molar-refractivity contribution in [1.29, 1.82) is 0 Å². The minimum Gasteiger partial charge on any atom is -0.490 e. The number of ether oxygens (including phenoxy) is 2. The number of fused-ring (bicyclic) bond motifs is 1. The van der Waals surface area contributed by atoms with E-state index in [1.54, 1.807) is 24.3 Å². The molecule has 3 aromatic rings. The number of amides is 2. The van der Waals surface area contributed by atoms with Crippen LogP contribution in [0.4, 0.5) is 0 Å². The van der Waals surface area contributed by atoms with Crippen molar-refractivity contribution in [3.05, 3.63) is 94.5 Å². The van der Waals surface area contributed by atoms with Gasteiger partial charge in [-0.1, -0.05) is 74.0 Å². The van der Waals surface area contributed by atoms with E-state index in [1.807, 2.05) is 48.5 Å². The zero-order chi connectivity index (χ0) is 25.5. The fourth-order valence-corrected chi connectivity index (χ4v) is 4.47. The van der Waals surface area contributed by atoms with Gasteiger partial charge in [0, 0.05) is 6.42 Å². The number of rotatable bonds is 8. The number of carbonyl (C=O) groups excluding carboxylic acids is 2. The molecule has 0 spiro atoms. The van der Waals surface area contributed by atoms with E-state index in [0.717, 1.165) is 23.3 Å². The zero-order valence-corrected chi connectivity index (χ0v) is 21.3. The molecule has 0 saturated carbocycles. The number of hydrogen-bond acceptors (Lipinski definition) is 4. The van der Waals surface area contributed by atoms with Gasteiger partial charge in [0.1, 0.15) is 0 Å². The Morgan fingerprint density at radius 3 is 2.28 bits per heavy atom. The first-order chi connectivity index (χ1) is 17.4. The zero-order valence-electron chi connectivity index (χ0n) is 20.5. The standard InChI is InChI=1S/C29H31ClN2O4/c1-19(2)28(21-13-14-25-26(17-21)36-16-8-15-35-25)32-27(33)18-24(20-9-4-3-5-10-20)31-29(34)22-11-6-7-12-23(22)30/h3-7,9-14,17,19,24,28H,8,15-16,18H2,1-2H3,(H,31,34)(H,32,33)/t24-,28+/m1/s1. The topological polar surface area (TPSA) is 76.7 Å². The molecule has 1 aliphatic rings. The minimum absolute atomic E-state index is 0.0774. The molecule has 188 valence electrons. The fourth-order valence-electron chi connectivity index (χ4n) is 4.24. The van der Waals surface area contributed by atoms with Crippen LogP contribution in [0.15, 0.2) is 72.8 Å². The number of benzene rings is 3. The van der Waals surface area contributed by atoms with Gasteiger partial charge in [0.05, 0.1) is 42.3 Å². The van der Waals surface area contributed by atoms with Gasteiger partial charge in [-0.3, -0.25) is 9.59 Å². The van der Waals surface area contributed by atoms with Crippen molar-refractivity contribution in [2.75, 3.05) is 13.2 Å². The van der Waals surface area contributed by atoms with E-state index in [4.69, 9.17) is 21.1 Å². The molecule has 7 heteroatoms. The SMILES string of the molecule is CC(C)[C@H](NC(=O)C[C@@H](NC(=O)c1ccccc1Cl)c1ccccc1)c1ccc2c(c1)OCCCO2. The van der Waals surface area contributed by atoms with Crippen molar-refractivity contribution in [3.8, 4) is 11.5 Å². The third-order valence-corrected chi connectivity index (χ3v) is 6.46. The predicted molar refractivity (Wildman–Crippen MR) is 140 cm³/mol. The van der Waals surface area contributed by atoms with Gasteiger partial charge in [-0.05, 0) is 41.3 Å². The Bertz CT molecular complexity index is 1200. The molecule has 0 radical (unpaired) electrons. The molecule has 1 aliphatic heterocycles. The summed E-state index contributed by atoms with van der Waals surface area (Å²) in [6.45, 7) is 5.33. The largest absolute Gasteiger partial charge is 0.490 e. The molecule has 2 N–H and O–H groups in total. The highest BCUT2D eigenvalue weighted by atomic mass is 35.5. The van der Waals surface area contributed by atoms with E-state index in [1.165, 1.54) is 0 Å². The lowest BCUT2D eigenvalue weighted by Gasteiger charge is -2.26. The van der Waals surface area contributed by atoms with Crippen LogP contribution < -0.4 is 20.1 Å².